The molecule has 4 heteroatoms. The van der Waals surface area contributed by atoms with E-state index in [9.17, 15) is 4.79 Å². The van der Waals surface area contributed by atoms with Gasteiger partial charge in [0, 0.05) is 23.2 Å². The molecular weight excluding hydrogens is 286 g/mol. The number of fused-ring (bicyclic) bond motifs is 4. The van der Waals surface area contributed by atoms with Crippen molar-refractivity contribution in [1.29, 1.82) is 0 Å². The SMILES string of the molecule is CC1(C)[C@@H](NC(=O)c2cnc3ccccc3c2)C2CCN1CC2. The first-order valence-corrected chi connectivity index (χ1v) is 8.46. The molecule has 1 atom stereocenters. The van der Waals surface area contributed by atoms with E-state index in [0.29, 0.717) is 11.5 Å². The lowest BCUT2D eigenvalue weighted by molar-refractivity contribution is -0.0378. The molecule has 4 nitrogen and oxygen atoms in total. The Morgan fingerprint density at radius 2 is 2.00 bits per heavy atom. The third-order valence-corrected chi connectivity index (χ3v) is 5.73. The zero-order chi connectivity index (χ0) is 16.0. The highest BCUT2D eigenvalue weighted by atomic mass is 16.1. The molecule has 4 heterocycles. The normalized spacial score (nSPS) is 28.7. The molecule has 3 saturated heterocycles. The van der Waals surface area contributed by atoms with Crippen LogP contribution < -0.4 is 5.32 Å². The second kappa shape index (κ2) is 5.31. The van der Waals surface area contributed by atoms with Crippen molar-refractivity contribution in [3.8, 4) is 0 Å². The van der Waals surface area contributed by atoms with Crippen molar-refractivity contribution in [3.63, 3.8) is 0 Å². The number of carbonyl (C=O) groups is 1. The standard InChI is InChI=1S/C19H23N3O/c1-19(2)17(13-7-9-22(19)10-8-13)21-18(23)15-11-14-5-3-4-6-16(14)20-12-15/h3-6,11-13,17H,7-10H2,1-2H3,(H,21,23)/t17-/m0/s1. The Kier molecular flexibility index (Phi) is 3.38. The second-order valence-electron chi connectivity index (χ2n) is 7.35. The van der Waals surface area contributed by atoms with Crippen LogP contribution in [0.1, 0.15) is 37.0 Å². The summed E-state index contributed by atoms with van der Waals surface area (Å²) in [6, 6.07) is 10.0. The molecule has 0 aliphatic carbocycles. The van der Waals surface area contributed by atoms with Gasteiger partial charge in [0.2, 0.25) is 0 Å². The molecule has 3 fully saturated rings. The van der Waals surface area contributed by atoms with Gasteiger partial charge in [0.25, 0.3) is 5.91 Å². The summed E-state index contributed by atoms with van der Waals surface area (Å²) in [7, 11) is 0. The Labute approximate surface area is 136 Å². The third-order valence-electron chi connectivity index (χ3n) is 5.73. The number of rotatable bonds is 2. The fourth-order valence-electron chi connectivity index (χ4n) is 4.30. The first-order valence-electron chi connectivity index (χ1n) is 8.46. The Morgan fingerprint density at radius 3 is 2.74 bits per heavy atom. The lowest BCUT2D eigenvalue weighted by atomic mass is 9.72. The van der Waals surface area contributed by atoms with Crippen LogP contribution in [-0.4, -0.2) is 40.5 Å². The number of aromatic nitrogens is 1. The molecule has 1 N–H and O–H groups in total. The van der Waals surface area contributed by atoms with Crippen LogP contribution in [0, 0.1) is 5.92 Å². The average molecular weight is 309 g/mol. The number of hydrogen-bond acceptors (Lipinski definition) is 3. The van der Waals surface area contributed by atoms with Gasteiger partial charge in [-0.15, -0.1) is 0 Å². The number of para-hydroxylation sites is 1. The van der Waals surface area contributed by atoms with Crippen LogP contribution in [0.3, 0.4) is 0 Å². The van der Waals surface area contributed by atoms with Crippen LogP contribution in [0.2, 0.25) is 0 Å². The van der Waals surface area contributed by atoms with Crippen LogP contribution in [-0.2, 0) is 0 Å². The molecule has 0 spiro atoms. The molecule has 3 aliphatic rings. The first-order chi connectivity index (χ1) is 11.1. The molecule has 0 saturated carbocycles. The molecule has 0 radical (unpaired) electrons. The summed E-state index contributed by atoms with van der Waals surface area (Å²) in [5, 5.41) is 4.31. The number of carbonyl (C=O) groups excluding carboxylic acids is 1. The lowest BCUT2D eigenvalue weighted by Crippen LogP contribution is -2.69. The maximum absolute atomic E-state index is 12.8. The fraction of sp³-hybridized carbons (Fsp3) is 0.474. The maximum Gasteiger partial charge on any atom is 0.253 e. The van der Waals surface area contributed by atoms with Crippen LogP contribution in [0.5, 0.6) is 0 Å². The number of piperidine rings is 3. The third kappa shape index (κ3) is 2.41. The average Bonchev–Trinajstić information content (AvgIpc) is 2.58. The minimum absolute atomic E-state index is 0.00456. The maximum atomic E-state index is 12.8. The predicted octanol–water partition coefficient (Wildman–Crippen LogP) is 2.84. The minimum atomic E-state index is -0.00456. The summed E-state index contributed by atoms with van der Waals surface area (Å²) >= 11 is 0. The fourth-order valence-corrected chi connectivity index (χ4v) is 4.30. The molecule has 3 aliphatic heterocycles. The van der Waals surface area contributed by atoms with Crippen molar-refractivity contribution < 1.29 is 4.79 Å². The van der Waals surface area contributed by atoms with E-state index in [1.165, 1.54) is 12.8 Å². The predicted molar refractivity (Wildman–Crippen MR) is 91.4 cm³/mol. The molecule has 0 unspecified atom stereocenters. The van der Waals surface area contributed by atoms with Gasteiger partial charge in [0.05, 0.1) is 11.1 Å². The highest BCUT2D eigenvalue weighted by Crippen LogP contribution is 2.39. The van der Waals surface area contributed by atoms with E-state index in [2.05, 4.69) is 29.0 Å². The molecule has 5 rings (SSSR count). The van der Waals surface area contributed by atoms with E-state index in [1.807, 2.05) is 30.3 Å². The molecule has 23 heavy (non-hydrogen) atoms. The van der Waals surface area contributed by atoms with Gasteiger partial charge in [-0.2, -0.15) is 0 Å². The summed E-state index contributed by atoms with van der Waals surface area (Å²) in [5.41, 5.74) is 1.60. The minimum Gasteiger partial charge on any atom is -0.347 e. The Balaban J connectivity index is 1.59. The molecule has 120 valence electrons. The number of nitrogens with zero attached hydrogens (tertiary/aromatic N) is 2. The topological polar surface area (TPSA) is 45.2 Å². The number of pyridine rings is 1. The van der Waals surface area contributed by atoms with Crippen LogP contribution in [0.25, 0.3) is 10.9 Å². The summed E-state index contributed by atoms with van der Waals surface area (Å²) in [5.74, 6) is 0.586. The quantitative estimate of drug-likeness (QED) is 0.928. The molecule has 1 aromatic carbocycles. The molecular formula is C19H23N3O. The summed E-state index contributed by atoms with van der Waals surface area (Å²) in [6.45, 7) is 6.81. The Morgan fingerprint density at radius 1 is 1.26 bits per heavy atom. The van der Waals surface area contributed by atoms with Crippen molar-refractivity contribution >= 4 is 16.8 Å². The summed E-state index contributed by atoms with van der Waals surface area (Å²) in [6.07, 6.45) is 4.06. The molecule has 1 amide bonds. The van der Waals surface area contributed by atoms with Gasteiger partial charge < -0.3 is 5.32 Å². The number of hydrogen-bond donors (Lipinski definition) is 1. The van der Waals surface area contributed by atoms with Gasteiger partial charge in [-0.3, -0.25) is 14.7 Å². The van der Waals surface area contributed by atoms with E-state index in [1.54, 1.807) is 6.20 Å². The Hall–Kier alpha value is -1.94. The van der Waals surface area contributed by atoms with Crippen molar-refractivity contribution in [2.24, 2.45) is 5.92 Å². The number of amides is 1. The van der Waals surface area contributed by atoms with E-state index in [4.69, 9.17) is 0 Å². The number of nitrogens with one attached hydrogen (secondary N) is 1. The summed E-state index contributed by atoms with van der Waals surface area (Å²) in [4.78, 5) is 19.7. The largest absolute Gasteiger partial charge is 0.347 e. The van der Waals surface area contributed by atoms with Gasteiger partial charge in [-0.1, -0.05) is 18.2 Å². The van der Waals surface area contributed by atoms with Crippen LogP contribution in [0.15, 0.2) is 36.5 Å². The van der Waals surface area contributed by atoms with E-state index in [-0.39, 0.29) is 17.5 Å². The van der Waals surface area contributed by atoms with Crippen molar-refractivity contribution in [2.75, 3.05) is 13.1 Å². The van der Waals surface area contributed by atoms with Crippen molar-refractivity contribution in [2.45, 2.75) is 38.3 Å². The number of benzene rings is 1. The highest BCUT2D eigenvalue weighted by Gasteiger charge is 2.48. The van der Waals surface area contributed by atoms with Crippen LogP contribution in [0.4, 0.5) is 0 Å². The lowest BCUT2D eigenvalue weighted by Gasteiger charge is -2.56. The van der Waals surface area contributed by atoms with Gasteiger partial charge in [-0.05, 0) is 57.8 Å². The van der Waals surface area contributed by atoms with Crippen LogP contribution >= 0.6 is 0 Å². The van der Waals surface area contributed by atoms with Gasteiger partial charge in [0.15, 0.2) is 0 Å². The van der Waals surface area contributed by atoms with Gasteiger partial charge in [0.1, 0.15) is 0 Å². The van der Waals surface area contributed by atoms with Crippen molar-refractivity contribution in [1.82, 2.24) is 15.2 Å². The molecule has 2 aromatic rings. The van der Waals surface area contributed by atoms with E-state index in [0.717, 1.165) is 24.0 Å². The highest BCUT2D eigenvalue weighted by molar-refractivity contribution is 5.97. The zero-order valence-corrected chi connectivity index (χ0v) is 13.7. The van der Waals surface area contributed by atoms with E-state index >= 15 is 0 Å². The molecule has 2 bridgehead atoms. The summed E-state index contributed by atoms with van der Waals surface area (Å²) < 4.78 is 0. The van der Waals surface area contributed by atoms with Gasteiger partial charge in [-0.25, -0.2) is 0 Å². The monoisotopic (exact) mass is 309 g/mol. The van der Waals surface area contributed by atoms with Crippen molar-refractivity contribution in [3.05, 3.63) is 42.1 Å². The molecule has 1 aromatic heterocycles. The smallest absolute Gasteiger partial charge is 0.253 e. The van der Waals surface area contributed by atoms with Gasteiger partial charge >= 0.3 is 0 Å². The Bertz CT molecular complexity index is 747. The zero-order valence-electron chi connectivity index (χ0n) is 13.7. The second-order valence-corrected chi connectivity index (χ2v) is 7.35. The first kappa shape index (κ1) is 14.6. The van der Waals surface area contributed by atoms with E-state index < -0.39 is 0 Å².